The highest BCUT2D eigenvalue weighted by Crippen LogP contribution is 2.19. The van der Waals surface area contributed by atoms with Gasteiger partial charge in [0.1, 0.15) is 0 Å². The Morgan fingerprint density at radius 1 is 1.42 bits per heavy atom. The zero-order chi connectivity index (χ0) is 14.0. The molecular weight excluding hydrogens is 264 g/mol. The van der Waals surface area contributed by atoms with E-state index in [4.69, 9.17) is 0 Å². The van der Waals surface area contributed by atoms with Crippen LogP contribution in [0.2, 0.25) is 0 Å². The molecule has 2 N–H and O–H groups in total. The molecule has 0 radical (unpaired) electrons. The molecule has 0 aromatic carbocycles. The Labute approximate surface area is 114 Å². The van der Waals surface area contributed by atoms with Crippen molar-refractivity contribution >= 4 is 15.7 Å². The van der Waals surface area contributed by atoms with Gasteiger partial charge in [0.25, 0.3) is 0 Å². The van der Waals surface area contributed by atoms with E-state index in [0.717, 1.165) is 12.8 Å². The highest BCUT2D eigenvalue weighted by Gasteiger charge is 2.26. The number of sulfonamides is 1. The van der Waals surface area contributed by atoms with Gasteiger partial charge in [-0.25, -0.2) is 8.42 Å². The van der Waals surface area contributed by atoms with Crippen LogP contribution in [0.1, 0.15) is 39.7 Å². The molecule has 1 fully saturated rings. The second-order valence-corrected chi connectivity index (χ2v) is 7.54. The summed E-state index contributed by atoms with van der Waals surface area (Å²) in [5.74, 6) is 0. The topological polar surface area (TPSA) is 76.0 Å². The van der Waals surface area contributed by atoms with Gasteiger partial charge in [0.05, 0.1) is 17.1 Å². The molecule has 2 rings (SSSR count). The van der Waals surface area contributed by atoms with E-state index in [1.807, 2.05) is 13.8 Å². The smallest absolute Gasteiger partial charge is 0.236 e. The Morgan fingerprint density at radius 2 is 2.11 bits per heavy atom. The van der Waals surface area contributed by atoms with E-state index in [0.29, 0.717) is 18.3 Å². The van der Waals surface area contributed by atoms with Crippen molar-refractivity contribution in [3.8, 4) is 0 Å². The molecular formula is C12H22N4O2S. The lowest BCUT2D eigenvalue weighted by Gasteiger charge is -2.14. The van der Waals surface area contributed by atoms with E-state index in [1.54, 1.807) is 24.0 Å². The highest BCUT2D eigenvalue weighted by atomic mass is 32.2. The zero-order valence-corrected chi connectivity index (χ0v) is 12.4. The minimum absolute atomic E-state index is 0.215. The summed E-state index contributed by atoms with van der Waals surface area (Å²) in [6.07, 6.45) is 5.56. The minimum atomic E-state index is -3.36. The average Bonchev–Trinajstić information content (AvgIpc) is 3.04. The second-order valence-electron chi connectivity index (χ2n) is 5.44. The number of hydrogen-bond donors (Lipinski definition) is 2. The predicted molar refractivity (Wildman–Crippen MR) is 75.6 cm³/mol. The second kappa shape index (κ2) is 5.50. The van der Waals surface area contributed by atoms with Gasteiger partial charge in [0.15, 0.2) is 0 Å². The fraction of sp³-hybridized carbons (Fsp3) is 0.750. The normalized spacial score (nSPS) is 17.7. The van der Waals surface area contributed by atoms with Gasteiger partial charge >= 0.3 is 0 Å². The molecule has 0 saturated heterocycles. The molecule has 0 spiro atoms. The molecule has 1 saturated carbocycles. The molecule has 19 heavy (non-hydrogen) atoms. The number of nitrogens with one attached hydrogen (secondary N) is 2. The van der Waals surface area contributed by atoms with Crippen LogP contribution in [-0.4, -0.2) is 36.0 Å². The van der Waals surface area contributed by atoms with Crippen molar-refractivity contribution in [3.05, 3.63) is 12.4 Å². The number of anilines is 1. The van der Waals surface area contributed by atoms with Crippen molar-refractivity contribution in [2.24, 2.45) is 0 Å². The standard InChI is InChI=1S/C12H22N4O2S/c1-9(2)16-8-12(7-14-16)15-19(17,18)10(3)6-13-11-4-5-11/h7-11,13,15H,4-6H2,1-3H3. The highest BCUT2D eigenvalue weighted by molar-refractivity contribution is 7.93. The van der Waals surface area contributed by atoms with Gasteiger partial charge in [-0.05, 0) is 33.6 Å². The first-order chi connectivity index (χ1) is 8.88. The maximum atomic E-state index is 12.1. The largest absolute Gasteiger partial charge is 0.313 e. The van der Waals surface area contributed by atoms with Crippen molar-refractivity contribution in [1.29, 1.82) is 0 Å². The third kappa shape index (κ3) is 3.94. The molecule has 1 heterocycles. The molecule has 1 aliphatic carbocycles. The number of aromatic nitrogens is 2. The molecule has 1 aromatic rings. The minimum Gasteiger partial charge on any atom is -0.313 e. The maximum Gasteiger partial charge on any atom is 0.236 e. The quantitative estimate of drug-likeness (QED) is 0.793. The SMILES string of the molecule is CC(C)n1cc(NS(=O)(=O)C(C)CNC2CC2)cn1. The van der Waals surface area contributed by atoms with Crippen LogP contribution in [0.3, 0.4) is 0 Å². The van der Waals surface area contributed by atoms with Gasteiger partial charge in [0, 0.05) is 24.8 Å². The van der Waals surface area contributed by atoms with Crippen LogP contribution in [0.5, 0.6) is 0 Å². The van der Waals surface area contributed by atoms with Crippen LogP contribution in [0.25, 0.3) is 0 Å². The van der Waals surface area contributed by atoms with E-state index in [9.17, 15) is 8.42 Å². The Bertz CT molecular complexity index is 520. The molecule has 1 atom stereocenters. The number of rotatable bonds is 7. The Balaban J connectivity index is 1.94. The Morgan fingerprint density at radius 3 is 2.63 bits per heavy atom. The van der Waals surface area contributed by atoms with Crippen molar-refractivity contribution in [2.75, 3.05) is 11.3 Å². The van der Waals surface area contributed by atoms with Gasteiger partial charge in [-0.2, -0.15) is 5.10 Å². The van der Waals surface area contributed by atoms with Crippen molar-refractivity contribution in [2.45, 2.75) is 50.9 Å². The van der Waals surface area contributed by atoms with E-state index in [-0.39, 0.29) is 6.04 Å². The summed E-state index contributed by atoms with van der Waals surface area (Å²) in [4.78, 5) is 0. The average molecular weight is 286 g/mol. The van der Waals surface area contributed by atoms with Crippen molar-refractivity contribution in [1.82, 2.24) is 15.1 Å². The Hall–Kier alpha value is -1.08. The van der Waals surface area contributed by atoms with Gasteiger partial charge in [-0.1, -0.05) is 0 Å². The summed E-state index contributed by atoms with van der Waals surface area (Å²) < 4.78 is 28.6. The summed E-state index contributed by atoms with van der Waals surface area (Å²) in [6, 6.07) is 0.730. The maximum absolute atomic E-state index is 12.1. The van der Waals surface area contributed by atoms with Crippen LogP contribution in [0.15, 0.2) is 12.4 Å². The van der Waals surface area contributed by atoms with Crippen LogP contribution in [-0.2, 0) is 10.0 Å². The molecule has 1 aliphatic rings. The van der Waals surface area contributed by atoms with E-state index in [1.165, 1.54) is 0 Å². The van der Waals surface area contributed by atoms with Crippen LogP contribution in [0.4, 0.5) is 5.69 Å². The third-order valence-electron chi connectivity index (χ3n) is 3.19. The zero-order valence-electron chi connectivity index (χ0n) is 11.6. The summed E-state index contributed by atoms with van der Waals surface area (Å²) in [6.45, 7) is 6.18. The summed E-state index contributed by atoms with van der Waals surface area (Å²) in [7, 11) is -3.36. The molecule has 0 aliphatic heterocycles. The van der Waals surface area contributed by atoms with E-state index < -0.39 is 15.3 Å². The summed E-state index contributed by atoms with van der Waals surface area (Å²) >= 11 is 0. The first-order valence-corrected chi connectivity index (χ1v) is 8.22. The lowest BCUT2D eigenvalue weighted by atomic mass is 10.4. The first kappa shape index (κ1) is 14.3. The summed E-state index contributed by atoms with van der Waals surface area (Å²) in [5.41, 5.74) is 0.520. The molecule has 6 nitrogen and oxygen atoms in total. The molecule has 1 aromatic heterocycles. The lowest BCUT2D eigenvalue weighted by molar-refractivity contribution is 0.532. The summed E-state index contributed by atoms with van der Waals surface area (Å²) in [5, 5.41) is 6.89. The lowest BCUT2D eigenvalue weighted by Crippen LogP contribution is -2.35. The predicted octanol–water partition coefficient (Wildman–Crippen LogP) is 1.35. The van der Waals surface area contributed by atoms with Crippen LogP contribution in [0, 0.1) is 0 Å². The molecule has 1 unspecified atom stereocenters. The van der Waals surface area contributed by atoms with E-state index in [2.05, 4.69) is 15.1 Å². The van der Waals surface area contributed by atoms with Gasteiger partial charge < -0.3 is 5.32 Å². The third-order valence-corrected chi connectivity index (χ3v) is 4.94. The molecule has 7 heteroatoms. The van der Waals surface area contributed by atoms with Crippen molar-refractivity contribution < 1.29 is 8.42 Å². The fourth-order valence-corrected chi connectivity index (χ4v) is 2.62. The van der Waals surface area contributed by atoms with Gasteiger partial charge in [-0.15, -0.1) is 0 Å². The van der Waals surface area contributed by atoms with Crippen LogP contribution >= 0.6 is 0 Å². The fourth-order valence-electron chi connectivity index (χ4n) is 1.67. The molecule has 0 bridgehead atoms. The Kier molecular flexibility index (Phi) is 4.15. The number of hydrogen-bond acceptors (Lipinski definition) is 4. The van der Waals surface area contributed by atoms with Gasteiger partial charge in [-0.3, -0.25) is 9.40 Å². The number of nitrogens with zero attached hydrogens (tertiary/aromatic N) is 2. The van der Waals surface area contributed by atoms with Crippen LogP contribution < -0.4 is 10.0 Å². The first-order valence-electron chi connectivity index (χ1n) is 6.67. The molecule has 0 amide bonds. The van der Waals surface area contributed by atoms with Gasteiger partial charge in [0.2, 0.25) is 10.0 Å². The van der Waals surface area contributed by atoms with E-state index >= 15 is 0 Å². The molecule has 108 valence electrons. The monoisotopic (exact) mass is 286 g/mol. The van der Waals surface area contributed by atoms with Crippen molar-refractivity contribution in [3.63, 3.8) is 0 Å².